The number of para-hydroxylation sites is 1. The first-order valence-corrected chi connectivity index (χ1v) is 14.4. The summed E-state index contributed by atoms with van der Waals surface area (Å²) in [7, 11) is -7.71. The van der Waals surface area contributed by atoms with Crippen molar-refractivity contribution in [2.75, 3.05) is 27.1 Å². The summed E-state index contributed by atoms with van der Waals surface area (Å²) in [5.74, 6) is -0.583. The lowest BCUT2D eigenvalue weighted by Gasteiger charge is -2.24. The minimum absolute atomic E-state index is 0.0684. The fraction of sp³-hybridized carbons (Fsp3) is 0.174. The van der Waals surface area contributed by atoms with E-state index in [2.05, 4.69) is 10.0 Å². The molecule has 0 bridgehead atoms. The number of nitrogens with one attached hydrogen (secondary N) is 2. The number of sulfonamides is 2. The number of aryl methyl sites for hydroxylation is 1. The first kappa shape index (κ1) is 26.8. The van der Waals surface area contributed by atoms with Gasteiger partial charge in [-0.15, -0.1) is 0 Å². The zero-order valence-electron chi connectivity index (χ0n) is 18.8. The maximum Gasteiger partial charge on any atom is 0.261 e. The van der Waals surface area contributed by atoms with Crippen LogP contribution in [-0.2, 0) is 31.3 Å². The van der Waals surface area contributed by atoms with Crippen LogP contribution in [0, 0.1) is 0 Å². The summed E-state index contributed by atoms with van der Waals surface area (Å²) >= 11 is 12.0. The minimum atomic E-state index is -3.97. The molecule has 0 aliphatic rings. The van der Waals surface area contributed by atoms with Gasteiger partial charge in [0.2, 0.25) is 15.9 Å². The quantitative estimate of drug-likeness (QED) is 0.395. The zero-order chi connectivity index (χ0) is 25.8. The van der Waals surface area contributed by atoms with Gasteiger partial charge in [-0.3, -0.25) is 13.8 Å². The molecule has 0 aliphatic carbocycles. The zero-order valence-corrected chi connectivity index (χ0v) is 22.0. The van der Waals surface area contributed by atoms with Gasteiger partial charge in [0.25, 0.3) is 10.0 Å². The minimum Gasteiger partial charge on any atom is -0.325 e. The van der Waals surface area contributed by atoms with Gasteiger partial charge in [0.15, 0.2) is 0 Å². The van der Waals surface area contributed by atoms with Crippen molar-refractivity contribution in [3.63, 3.8) is 0 Å². The summed E-state index contributed by atoms with van der Waals surface area (Å²) in [6.07, 6.45) is 1.62. The van der Waals surface area contributed by atoms with E-state index in [1.165, 1.54) is 36.4 Å². The van der Waals surface area contributed by atoms with Gasteiger partial charge in [0.05, 0.1) is 32.6 Å². The molecule has 0 unspecified atom stereocenters. The molecule has 3 rings (SSSR count). The molecule has 2 N–H and O–H groups in total. The van der Waals surface area contributed by atoms with Crippen molar-refractivity contribution < 1.29 is 21.6 Å². The van der Waals surface area contributed by atoms with Crippen molar-refractivity contribution in [2.45, 2.75) is 18.2 Å². The molecule has 0 heterocycles. The van der Waals surface area contributed by atoms with Crippen molar-refractivity contribution >= 4 is 66.2 Å². The van der Waals surface area contributed by atoms with Gasteiger partial charge < -0.3 is 5.32 Å². The molecule has 3 aromatic rings. The number of hydrogen-bond donors (Lipinski definition) is 2. The van der Waals surface area contributed by atoms with Crippen molar-refractivity contribution in [1.82, 2.24) is 0 Å². The number of amides is 1. The van der Waals surface area contributed by atoms with Crippen LogP contribution in [0.15, 0.2) is 71.6 Å². The number of anilines is 3. The van der Waals surface area contributed by atoms with E-state index in [-0.39, 0.29) is 20.6 Å². The predicted octanol–water partition coefficient (Wildman–Crippen LogP) is 4.76. The van der Waals surface area contributed by atoms with Gasteiger partial charge in [-0.2, -0.15) is 0 Å². The largest absolute Gasteiger partial charge is 0.325 e. The smallest absolute Gasteiger partial charge is 0.261 e. The van der Waals surface area contributed by atoms with Crippen molar-refractivity contribution in [2.24, 2.45) is 0 Å². The van der Waals surface area contributed by atoms with Crippen LogP contribution in [-0.4, -0.2) is 35.5 Å². The SMILES string of the molecule is CCc1ccccc1N(CC(=O)Nc1ccc(S(=O)(=O)Nc2cccc(Cl)c2Cl)cc1)S(C)(=O)=O. The monoisotopic (exact) mass is 555 g/mol. The standard InChI is InChI=1S/C23H23Cl2N3O5S2/c1-3-16-7-4-5-10-21(16)28(34(2,30)31)15-22(29)26-17-11-13-18(14-12-17)35(32,33)27-20-9-6-8-19(24)23(20)25/h4-14,27H,3,15H2,1-2H3,(H,26,29). The van der Waals surface area contributed by atoms with E-state index >= 15 is 0 Å². The molecule has 0 aromatic heterocycles. The average Bonchev–Trinajstić information content (AvgIpc) is 2.80. The Morgan fingerprint density at radius 2 is 1.57 bits per heavy atom. The molecule has 0 spiro atoms. The fourth-order valence-electron chi connectivity index (χ4n) is 3.27. The van der Waals surface area contributed by atoms with Crippen LogP contribution >= 0.6 is 23.2 Å². The van der Waals surface area contributed by atoms with Gasteiger partial charge in [-0.25, -0.2) is 16.8 Å². The Kier molecular flexibility index (Phi) is 8.32. The van der Waals surface area contributed by atoms with Crippen molar-refractivity contribution in [3.8, 4) is 0 Å². The molecule has 0 aliphatic heterocycles. The Hall–Kier alpha value is -2.79. The van der Waals surface area contributed by atoms with Gasteiger partial charge in [0, 0.05) is 5.69 Å². The van der Waals surface area contributed by atoms with Crippen LogP contribution in [0.1, 0.15) is 12.5 Å². The summed E-state index contributed by atoms with van der Waals surface area (Å²) in [6, 6.07) is 16.9. The first-order chi connectivity index (χ1) is 16.4. The normalized spacial score (nSPS) is 11.7. The number of rotatable bonds is 9. The second-order valence-electron chi connectivity index (χ2n) is 7.53. The molecule has 0 saturated carbocycles. The Morgan fingerprint density at radius 3 is 2.20 bits per heavy atom. The van der Waals surface area contributed by atoms with Crippen LogP contribution in [0.4, 0.5) is 17.1 Å². The number of benzene rings is 3. The molecule has 0 fully saturated rings. The highest BCUT2D eigenvalue weighted by Crippen LogP contribution is 2.31. The molecular formula is C23H23Cl2N3O5S2. The third kappa shape index (κ3) is 6.66. The molecule has 186 valence electrons. The average molecular weight is 556 g/mol. The number of hydrogen-bond acceptors (Lipinski definition) is 5. The highest BCUT2D eigenvalue weighted by atomic mass is 35.5. The maximum atomic E-state index is 12.7. The van der Waals surface area contributed by atoms with Gasteiger partial charge >= 0.3 is 0 Å². The molecular weight excluding hydrogens is 533 g/mol. The molecule has 1 amide bonds. The second kappa shape index (κ2) is 10.9. The Balaban J connectivity index is 1.75. The van der Waals surface area contributed by atoms with Crippen LogP contribution in [0.5, 0.6) is 0 Å². The number of halogens is 2. The molecule has 0 atom stereocenters. The van der Waals surface area contributed by atoms with E-state index in [0.29, 0.717) is 17.8 Å². The van der Waals surface area contributed by atoms with Crippen molar-refractivity contribution in [1.29, 1.82) is 0 Å². The highest BCUT2D eigenvalue weighted by molar-refractivity contribution is 7.92. The third-order valence-electron chi connectivity index (χ3n) is 4.97. The van der Waals surface area contributed by atoms with E-state index < -0.39 is 32.5 Å². The number of carbonyl (C=O) groups is 1. The van der Waals surface area contributed by atoms with Crippen LogP contribution in [0.2, 0.25) is 10.0 Å². The summed E-state index contributed by atoms with van der Waals surface area (Å²) in [6.45, 7) is 1.45. The lowest BCUT2D eigenvalue weighted by atomic mass is 10.1. The summed E-state index contributed by atoms with van der Waals surface area (Å²) in [5, 5.41) is 2.87. The molecule has 12 heteroatoms. The molecule has 8 nitrogen and oxygen atoms in total. The molecule has 0 radical (unpaired) electrons. The van der Waals surface area contributed by atoms with Gasteiger partial charge in [-0.1, -0.05) is 54.4 Å². The third-order valence-corrected chi connectivity index (χ3v) is 8.30. The second-order valence-corrected chi connectivity index (χ2v) is 11.9. The Morgan fingerprint density at radius 1 is 0.914 bits per heavy atom. The summed E-state index contributed by atoms with van der Waals surface area (Å²) < 4.78 is 53.6. The molecule has 35 heavy (non-hydrogen) atoms. The topological polar surface area (TPSA) is 113 Å². The van der Waals surface area contributed by atoms with E-state index in [1.807, 2.05) is 6.92 Å². The summed E-state index contributed by atoms with van der Waals surface area (Å²) in [4.78, 5) is 12.6. The number of carbonyl (C=O) groups excluding carboxylic acids is 1. The summed E-state index contributed by atoms with van der Waals surface area (Å²) in [5.41, 5.74) is 1.64. The number of nitrogens with zero attached hydrogens (tertiary/aromatic N) is 1. The molecule has 3 aromatic carbocycles. The highest BCUT2D eigenvalue weighted by Gasteiger charge is 2.23. The lowest BCUT2D eigenvalue weighted by molar-refractivity contribution is -0.114. The van der Waals surface area contributed by atoms with Gasteiger partial charge in [0.1, 0.15) is 6.54 Å². The van der Waals surface area contributed by atoms with E-state index in [4.69, 9.17) is 23.2 Å². The van der Waals surface area contributed by atoms with Crippen LogP contribution in [0.3, 0.4) is 0 Å². The predicted molar refractivity (Wildman–Crippen MR) is 140 cm³/mol. The molecule has 0 saturated heterocycles. The van der Waals surface area contributed by atoms with E-state index in [9.17, 15) is 21.6 Å². The fourth-order valence-corrected chi connectivity index (χ4v) is 5.63. The van der Waals surface area contributed by atoms with E-state index in [1.54, 1.807) is 30.3 Å². The van der Waals surface area contributed by atoms with Crippen LogP contribution in [0.25, 0.3) is 0 Å². The van der Waals surface area contributed by atoms with Crippen LogP contribution < -0.4 is 14.3 Å². The van der Waals surface area contributed by atoms with Gasteiger partial charge in [-0.05, 0) is 54.4 Å². The van der Waals surface area contributed by atoms with Crippen molar-refractivity contribution in [3.05, 3.63) is 82.3 Å². The Labute approximate surface area is 215 Å². The Bertz CT molecular complexity index is 1440. The first-order valence-electron chi connectivity index (χ1n) is 10.3. The van der Waals surface area contributed by atoms with E-state index in [0.717, 1.165) is 16.1 Å². The lowest BCUT2D eigenvalue weighted by Crippen LogP contribution is -2.38. The maximum absolute atomic E-state index is 12.7.